The van der Waals surface area contributed by atoms with E-state index in [-0.39, 0.29) is 35.9 Å². The highest BCUT2D eigenvalue weighted by Crippen LogP contribution is 2.32. The molecule has 0 radical (unpaired) electrons. The van der Waals surface area contributed by atoms with Crippen LogP contribution in [-0.2, 0) is 9.53 Å². The Morgan fingerprint density at radius 3 is 1.69 bits per heavy atom. The summed E-state index contributed by atoms with van der Waals surface area (Å²) < 4.78 is 5.53. The number of ether oxygens (including phenoxy) is 1. The van der Waals surface area contributed by atoms with Crippen molar-refractivity contribution in [2.24, 2.45) is 11.7 Å². The van der Waals surface area contributed by atoms with Gasteiger partial charge in [-0.2, -0.15) is 0 Å². The van der Waals surface area contributed by atoms with E-state index in [1.54, 1.807) is 0 Å². The molecular weight excluding hydrogens is 382 g/mol. The second-order valence-corrected chi connectivity index (χ2v) is 8.57. The van der Waals surface area contributed by atoms with Gasteiger partial charge in [0.25, 0.3) is 0 Å². The maximum absolute atomic E-state index is 11.6. The van der Waals surface area contributed by atoms with Gasteiger partial charge < -0.3 is 10.5 Å². The van der Waals surface area contributed by atoms with Crippen LogP contribution >= 0.6 is 12.4 Å². The molecule has 0 bridgehead atoms. The summed E-state index contributed by atoms with van der Waals surface area (Å²) in [7, 11) is 0. The number of rotatable bonds is 19. The van der Waals surface area contributed by atoms with E-state index >= 15 is 0 Å². The molecule has 29 heavy (non-hydrogen) atoms. The van der Waals surface area contributed by atoms with Crippen LogP contribution in [0.3, 0.4) is 0 Å². The smallest absolute Gasteiger partial charge is 0.330 e. The molecule has 3 nitrogen and oxygen atoms in total. The highest BCUT2D eigenvalue weighted by molar-refractivity contribution is 5.85. The number of unbranched alkanes of at least 4 members (excludes halogenated alkanes) is 11. The normalized spacial score (nSPS) is 13.4. The molecule has 0 aliphatic rings. The van der Waals surface area contributed by atoms with Crippen LogP contribution in [0.5, 0.6) is 0 Å². The van der Waals surface area contributed by atoms with Crippen molar-refractivity contribution in [2.75, 3.05) is 0 Å². The van der Waals surface area contributed by atoms with Gasteiger partial charge in [0.15, 0.2) is 0 Å². The van der Waals surface area contributed by atoms with Crippen molar-refractivity contribution in [2.45, 2.75) is 136 Å². The van der Waals surface area contributed by atoms with Crippen molar-refractivity contribution < 1.29 is 9.53 Å². The zero-order valence-electron chi connectivity index (χ0n) is 19.8. The number of halogens is 1. The van der Waals surface area contributed by atoms with E-state index in [4.69, 9.17) is 10.5 Å². The fraction of sp³-hybridized carbons (Fsp3) is 0.880. The Bertz CT molecular complexity index is 396. The Kier molecular flexibility index (Phi) is 20.5. The monoisotopic (exact) mass is 431 g/mol. The van der Waals surface area contributed by atoms with Gasteiger partial charge in [-0.05, 0) is 26.2 Å². The first-order chi connectivity index (χ1) is 13.4. The van der Waals surface area contributed by atoms with Crippen molar-refractivity contribution in [3.63, 3.8) is 0 Å². The van der Waals surface area contributed by atoms with Crippen molar-refractivity contribution in [1.29, 1.82) is 0 Å². The van der Waals surface area contributed by atoms with E-state index in [0.717, 1.165) is 25.7 Å². The summed E-state index contributed by atoms with van der Waals surface area (Å²) in [6, 6.07) is 0. The van der Waals surface area contributed by atoms with Gasteiger partial charge in [0.2, 0.25) is 0 Å². The molecule has 2 N–H and O–H groups in total. The highest BCUT2D eigenvalue weighted by Gasteiger charge is 2.36. The van der Waals surface area contributed by atoms with Crippen LogP contribution < -0.4 is 5.73 Å². The zero-order valence-corrected chi connectivity index (χ0v) is 20.7. The van der Waals surface area contributed by atoms with Crippen LogP contribution in [0.15, 0.2) is 12.7 Å². The third-order valence-corrected chi connectivity index (χ3v) is 6.46. The van der Waals surface area contributed by atoms with Crippen LogP contribution in [-0.4, -0.2) is 17.6 Å². The van der Waals surface area contributed by atoms with Gasteiger partial charge in [-0.1, -0.05) is 104 Å². The Morgan fingerprint density at radius 2 is 1.31 bits per heavy atom. The van der Waals surface area contributed by atoms with Gasteiger partial charge in [0, 0.05) is 17.5 Å². The van der Waals surface area contributed by atoms with Gasteiger partial charge in [-0.3, -0.25) is 0 Å². The minimum Gasteiger partial charge on any atom is -0.459 e. The lowest BCUT2D eigenvalue weighted by molar-refractivity contribution is -0.146. The van der Waals surface area contributed by atoms with Crippen molar-refractivity contribution in [1.82, 2.24) is 0 Å². The average molecular weight is 432 g/mol. The number of esters is 1. The standard InChI is InChI=1S/C25H49NO2.ClH/c1-6-10-11-12-13-14-15-16-17-18-19-20-21-23(25(26,8-3)9-4)22(5)28-24(27)7-2;/h7,22-23H,2,6,8-21,26H2,1,3-5H3;1H. The largest absolute Gasteiger partial charge is 0.459 e. The van der Waals surface area contributed by atoms with Crippen LogP contribution in [0.4, 0.5) is 0 Å². The minimum atomic E-state index is -0.346. The molecule has 0 spiro atoms. The molecule has 0 aromatic heterocycles. The fourth-order valence-electron chi connectivity index (χ4n) is 4.28. The summed E-state index contributed by atoms with van der Waals surface area (Å²) in [5.41, 5.74) is 6.42. The maximum Gasteiger partial charge on any atom is 0.330 e. The molecular formula is C25H50ClNO2. The van der Waals surface area contributed by atoms with Crippen LogP contribution in [0.2, 0.25) is 0 Å². The molecule has 174 valence electrons. The maximum atomic E-state index is 11.6. The second kappa shape index (κ2) is 19.4. The van der Waals surface area contributed by atoms with Crippen LogP contribution in [0.1, 0.15) is 124 Å². The first kappa shape index (κ1) is 30.7. The second-order valence-electron chi connectivity index (χ2n) is 8.57. The molecule has 0 saturated heterocycles. The summed E-state index contributed by atoms with van der Waals surface area (Å²) in [5.74, 6) is -0.142. The molecule has 0 fully saturated rings. The third kappa shape index (κ3) is 14.2. The summed E-state index contributed by atoms with van der Waals surface area (Å²) >= 11 is 0. The first-order valence-corrected chi connectivity index (χ1v) is 12.1. The van der Waals surface area contributed by atoms with Crippen LogP contribution in [0.25, 0.3) is 0 Å². The molecule has 0 saturated carbocycles. The molecule has 2 unspecified atom stereocenters. The molecule has 0 rings (SSSR count). The third-order valence-electron chi connectivity index (χ3n) is 6.46. The predicted octanol–water partition coefficient (Wildman–Crippen LogP) is 7.75. The Hall–Kier alpha value is -0.540. The van der Waals surface area contributed by atoms with E-state index in [1.165, 1.54) is 76.7 Å². The molecule has 0 aliphatic carbocycles. The average Bonchev–Trinajstić information content (AvgIpc) is 2.70. The highest BCUT2D eigenvalue weighted by atomic mass is 35.5. The lowest BCUT2D eigenvalue weighted by atomic mass is 9.74. The summed E-state index contributed by atoms with van der Waals surface area (Å²) in [6.07, 6.45) is 20.1. The van der Waals surface area contributed by atoms with E-state index < -0.39 is 0 Å². The predicted molar refractivity (Wildman–Crippen MR) is 130 cm³/mol. The zero-order chi connectivity index (χ0) is 21.3. The summed E-state index contributed by atoms with van der Waals surface area (Å²) in [5, 5.41) is 0. The van der Waals surface area contributed by atoms with Gasteiger partial charge in [0.05, 0.1) is 0 Å². The SMILES string of the molecule is C=CC(=O)OC(C)C(CCCCCCCCCCCCCC)C(N)(CC)CC.Cl. The van der Waals surface area contributed by atoms with Gasteiger partial charge in [-0.15, -0.1) is 12.4 Å². The molecule has 0 heterocycles. The Labute approximate surface area is 188 Å². The van der Waals surface area contributed by atoms with E-state index in [2.05, 4.69) is 27.4 Å². The number of nitrogens with two attached hydrogens (primary N) is 1. The van der Waals surface area contributed by atoms with Crippen LogP contribution in [0, 0.1) is 5.92 Å². The number of carbonyl (C=O) groups is 1. The molecule has 0 aromatic carbocycles. The fourth-order valence-corrected chi connectivity index (χ4v) is 4.28. The number of hydrogen-bond acceptors (Lipinski definition) is 3. The molecule has 4 heteroatoms. The lowest BCUT2D eigenvalue weighted by Crippen LogP contribution is -2.51. The van der Waals surface area contributed by atoms with Gasteiger partial charge >= 0.3 is 5.97 Å². The number of hydrogen-bond donors (Lipinski definition) is 1. The Balaban J connectivity index is 0. The van der Waals surface area contributed by atoms with Crippen molar-refractivity contribution in [3.8, 4) is 0 Å². The summed E-state index contributed by atoms with van der Waals surface area (Å²) in [4.78, 5) is 11.6. The topological polar surface area (TPSA) is 52.3 Å². The molecule has 0 amide bonds. The molecule has 0 aliphatic heterocycles. The number of carbonyl (C=O) groups excluding carboxylic acids is 1. The summed E-state index contributed by atoms with van der Waals surface area (Å²) in [6.45, 7) is 12.0. The van der Waals surface area contributed by atoms with Gasteiger partial charge in [-0.25, -0.2) is 4.79 Å². The first-order valence-electron chi connectivity index (χ1n) is 12.1. The van der Waals surface area contributed by atoms with E-state index in [0.29, 0.717) is 0 Å². The van der Waals surface area contributed by atoms with Crippen molar-refractivity contribution >= 4 is 18.4 Å². The molecule has 0 aromatic rings. The van der Waals surface area contributed by atoms with E-state index in [1.807, 2.05) is 6.92 Å². The van der Waals surface area contributed by atoms with E-state index in [9.17, 15) is 4.79 Å². The minimum absolute atomic E-state index is 0. The van der Waals surface area contributed by atoms with Gasteiger partial charge in [0.1, 0.15) is 6.10 Å². The lowest BCUT2D eigenvalue weighted by Gasteiger charge is -2.39. The quantitative estimate of drug-likeness (QED) is 0.129. The van der Waals surface area contributed by atoms with Crippen molar-refractivity contribution in [3.05, 3.63) is 12.7 Å². The Morgan fingerprint density at radius 1 is 0.897 bits per heavy atom. The molecule has 2 atom stereocenters.